The van der Waals surface area contributed by atoms with Crippen LogP contribution in [0.2, 0.25) is 0 Å². The maximum Gasteiger partial charge on any atom is 0.332 e. The third kappa shape index (κ3) is 43.9. The Morgan fingerprint density at radius 1 is 0.828 bits per heavy atom. The van der Waals surface area contributed by atoms with Crippen LogP contribution in [-0.2, 0) is 22.7 Å². The summed E-state index contributed by atoms with van der Waals surface area (Å²) in [6.45, 7) is 16.2. The van der Waals surface area contributed by atoms with Gasteiger partial charge in [0.25, 0.3) is 0 Å². The van der Waals surface area contributed by atoms with E-state index in [2.05, 4.69) is 29.8 Å². The van der Waals surface area contributed by atoms with Crippen molar-refractivity contribution in [2.75, 3.05) is 57.3 Å². The van der Waals surface area contributed by atoms with Gasteiger partial charge in [-0.05, 0) is 27.7 Å². The molecule has 0 spiro atoms. The molecule has 0 aliphatic rings. The second kappa shape index (κ2) is 39.8. The molecule has 1 unspecified atom stereocenters. The van der Waals surface area contributed by atoms with Gasteiger partial charge in [-0.3, -0.25) is 4.57 Å². The van der Waals surface area contributed by atoms with E-state index in [0.29, 0.717) is 37.9 Å². The van der Waals surface area contributed by atoms with E-state index in [1.54, 1.807) is 6.92 Å². The highest BCUT2D eigenvalue weighted by Gasteiger charge is 2.18. The Hall–Kier alpha value is 1.34. The zero-order valence-corrected chi connectivity index (χ0v) is 24.3. The summed E-state index contributed by atoms with van der Waals surface area (Å²) in [5, 5.41) is 17.0. The fourth-order valence-corrected chi connectivity index (χ4v) is 3.39. The minimum Gasteiger partial charge on any atom is -0.412 e. The van der Waals surface area contributed by atoms with E-state index in [1.807, 2.05) is 27.7 Å². The molecule has 0 aromatic heterocycles. The molecule has 0 fully saturated rings. The van der Waals surface area contributed by atoms with Gasteiger partial charge in [0.15, 0.2) is 0 Å². The fourth-order valence-electron chi connectivity index (χ4n) is 1.13. The average molecular weight is 600 g/mol. The number of rotatable bonds is 12. The molecule has 12 heteroatoms. The lowest BCUT2D eigenvalue weighted by Crippen LogP contribution is -2.01. The summed E-state index contributed by atoms with van der Waals surface area (Å²) in [5.41, 5.74) is 0. The van der Waals surface area contributed by atoms with Crippen LogP contribution >= 0.6 is 48.9 Å². The molecule has 0 heterocycles. The maximum absolute atomic E-state index is 11.4. The van der Waals surface area contributed by atoms with E-state index in [4.69, 9.17) is 28.3 Å². The molecule has 0 aromatic rings. The van der Waals surface area contributed by atoms with Crippen LogP contribution in [0.1, 0.15) is 54.9 Å². The second-order valence-electron chi connectivity index (χ2n) is 4.59. The first-order valence-corrected chi connectivity index (χ1v) is 13.8. The molecule has 0 aliphatic heterocycles. The van der Waals surface area contributed by atoms with Gasteiger partial charge in [0.05, 0.1) is 39.6 Å². The van der Waals surface area contributed by atoms with Crippen molar-refractivity contribution in [2.45, 2.75) is 54.9 Å². The molecule has 29 heavy (non-hydrogen) atoms. The van der Waals surface area contributed by atoms with Crippen LogP contribution in [0.3, 0.4) is 0 Å². The lowest BCUT2D eigenvalue weighted by Gasteiger charge is -2.13. The molecular formula is C17H46Br2O8P2. The predicted molar refractivity (Wildman–Crippen MR) is 134 cm³/mol. The first kappa shape index (κ1) is 44.1. The standard InChI is InChI=1S/2C6H15O3P.C3H8.C2H5BrO.BrH.H2O/c1-4-7-10(8-5-2)9-6-3;1-3-9-10(8,4-2)6-5-7;1-3-2;3-1-2-4;;/h4-6H2,1-3H3;7H,3-6H2,1-2H3;3H2,1-2H3;4H,1-2H2;1H;1H2. The van der Waals surface area contributed by atoms with Crippen molar-refractivity contribution in [3.8, 4) is 0 Å². The topological polar surface area (TPSA) is 126 Å². The summed E-state index contributed by atoms with van der Waals surface area (Å²) in [6.07, 6.45) is 2.05. The molecule has 0 aliphatic carbocycles. The number of hydrogen-bond acceptors (Lipinski definition) is 7. The highest BCUT2D eigenvalue weighted by molar-refractivity contribution is 9.09. The second-order valence-corrected chi connectivity index (χ2v) is 9.57. The zero-order chi connectivity index (χ0) is 22.0. The molecule has 4 N–H and O–H groups in total. The van der Waals surface area contributed by atoms with Gasteiger partial charge >= 0.3 is 8.60 Å². The molecular weight excluding hydrogens is 554 g/mol. The van der Waals surface area contributed by atoms with Gasteiger partial charge in [-0.15, -0.1) is 17.0 Å². The molecule has 0 saturated heterocycles. The summed E-state index contributed by atoms with van der Waals surface area (Å²) < 4.78 is 31.8. The van der Waals surface area contributed by atoms with Crippen LogP contribution in [0, 0.1) is 0 Å². The highest BCUT2D eigenvalue weighted by Crippen LogP contribution is 2.45. The van der Waals surface area contributed by atoms with Gasteiger partial charge < -0.3 is 33.8 Å². The number of alkyl halides is 1. The molecule has 0 rings (SSSR count). The van der Waals surface area contributed by atoms with Gasteiger partial charge in [-0.1, -0.05) is 43.1 Å². The quantitative estimate of drug-likeness (QED) is 0.234. The summed E-state index contributed by atoms with van der Waals surface area (Å²) in [6, 6.07) is 0. The minimum atomic E-state index is -2.45. The Morgan fingerprint density at radius 2 is 1.17 bits per heavy atom. The Kier molecular flexibility index (Phi) is 60.5. The molecule has 0 aromatic carbocycles. The fraction of sp³-hybridized carbons (Fsp3) is 1.00. The number of halogens is 2. The van der Waals surface area contributed by atoms with Crippen molar-refractivity contribution in [3.63, 3.8) is 0 Å². The largest absolute Gasteiger partial charge is 0.412 e. The van der Waals surface area contributed by atoms with E-state index in [1.165, 1.54) is 6.42 Å². The maximum atomic E-state index is 11.4. The Balaban J connectivity index is -0.0000000658. The van der Waals surface area contributed by atoms with Crippen molar-refractivity contribution in [2.24, 2.45) is 0 Å². The van der Waals surface area contributed by atoms with Crippen molar-refractivity contribution in [3.05, 3.63) is 0 Å². The van der Waals surface area contributed by atoms with E-state index in [9.17, 15) is 4.57 Å². The van der Waals surface area contributed by atoms with E-state index >= 15 is 0 Å². The molecule has 8 nitrogen and oxygen atoms in total. The van der Waals surface area contributed by atoms with Crippen molar-refractivity contribution in [1.29, 1.82) is 0 Å². The summed E-state index contributed by atoms with van der Waals surface area (Å²) in [7, 11) is -3.51. The van der Waals surface area contributed by atoms with Crippen molar-refractivity contribution < 1.29 is 38.3 Å². The van der Waals surface area contributed by atoms with Crippen LogP contribution in [0.25, 0.3) is 0 Å². The van der Waals surface area contributed by atoms with E-state index < -0.39 is 16.0 Å². The summed E-state index contributed by atoms with van der Waals surface area (Å²) in [4.78, 5) is 0. The monoisotopic (exact) mass is 598 g/mol. The zero-order valence-electron chi connectivity index (χ0n) is 19.2. The lowest BCUT2D eigenvalue weighted by atomic mass is 10.6. The molecule has 0 radical (unpaired) electrons. The number of hydrogen-bond donors (Lipinski definition) is 2. The molecule has 0 amide bonds. The third-order valence-electron chi connectivity index (χ3n) is 2.07. The molecule has 186 valence electrons. The molecule has 1 atom stereocenters. The van der Waals surface area contributed by atoms with E-state index in [-0.39, 0.29) is 41.8 Å². The molecule has 0 saturated carbocycles. The molecule has 0 bridgehead atoms. The van der Waals surface area contributed by atoms with Gasteiger partial charge in [0.2, 0.25) is 7.37 Å². The van der Waals surface area contributed by atoms with Gasteiger partial charge in [-0.25, -0.2) is 0 Å². The summed E-state index contributed by atoms with van der Waals surface area (Å²) >= 11 is 3.00. The number of aliphatic hydroxyl groups excluding tert-OH is 2. The Morgan fingerprint density at radius 3 is 1.34 bits per heavy atom. The minimum absolute atomic E-state index is 0. The normalized spacial score (nSPS) is 11.1. The Labute approximate surface area is 199 Å². The van der Waals surface area contributed by atoms with E-state index in [0.717, 1.165) is 0 Å². The number of aliphatic hydroxyl groups is 2. The smallest absolute Gasteiger partial charge is 0.332 e. The lowest BCUT2D eigenvalue weighted by molar-refractivity contribution is 0.176. The SMILES string of the molecule is Br.CCC.CCOP(=O)(CC)CCO.CCOP(OCC)OCC.O.OCCBr. The predicted octanol–water partition coefficient (Wildman–Crippen LogP) is 5.18. The first-order chi connectivity index (χ1) is 12.9. The average Bonchev–Trinajstić information content (AvgIpc) is 2.64. The van der Waals surface area contributed by atoms with Crippen molar-refractivity contribution in [1.82, 2.24) is 0 Å². The van der Waals surface area contributed by atoms with Gasteiger partial charge in [-0.2, -0.15) is 0 Å². The van der Waals surface area contributed by atoms with Crippen LogP contribution in [-0.4, -0.2) is 73.0 Å². The van der Waals surface area contributed by atoms with Crippen LogP contribution in [0.5, 0.6) is 0 Å². The third-order valence-corrected chi connectivity index (χ3v) is 6.41. The van der Waals surface area contributed by atoms with Crippen LogP contribution in [0.4, 0.5) is 0 Å². The van der Waals surface area contributed by atoms with Gasteiger partial charge in [0.1, 0.15) is 0 Å². The Bertz CT molecular complexity index is 268. The first-order valence-electron chi connectivity index (χ1n) is 9.55. The van der Waals surface area contributed by atoms with Crippen molar-refractivity contribution >= 4 is 48.9 Å². The summed E-state index contributed by atoms with van der Waals surface area (Å²) in [5.74, 6) is 0. The highest BCUT2D eigenvalue weighted by atomic mass is 79.9. The van der Waals surface area contributed by atoms with Crippen LogP contribution in [0.15, 0.2) is 0 Å². The van der Waals surface area contributed by atoms with Crippen LogP contribution < -0.4 is 0 Å². The van der Waals surface area contributed by atoms with Gasteiger partial charge in [0, 0.05) is 17.7 Å².